The Kier molecular flexibility index (Phi) is 4.17. The standard InChI is InChI=1S/C42H32N2/c1-23-13-14-24-29-20-30-33(21-32(29)42-17-7-15-41(42,16-8-18-42)31(24)19-23)44-35-22-34(43-2)39-36-25-9-3-5-11-27(25)37(40(39)38(30)35)28-12-6-4-10-26(28)36/h3-6,9-14,19-22,36-37,44H,7-8,15-18H2,1H3. The Morgan fingerprint density at radius 1 is 0.659 bits per heavy atom. The van der Waals surface area contributed by atoms with Gasteiger partial charge in [0, 0.05) is 44.5 Å². The molecule has 1 heterocycles. The van der Waals surface area contributed by atoms with Crippen molar-refractivity contribution in [1.29, 1.82) is 0 Å². The van der Waals surface area contributed by atoms with E-state index >= 15 is 0 Å². The first-order valence-corrected chi connectivity index (χ1v) is 16.5. The summed E-state index contributed by atoms with van der Waals surface area (Å²) in [5.74, 6) is 0.228. The highest BCUT2D eigenvalue weighted by Crippen LogP contribution is 2.70. The molecule has 6 aliphatic rings. The second-order valence-corrected chi connectivity index (χ2v) is 14.4. The van der Waals surface area contributed by atoms with Crippen LogP contribution in [0.15, 0.2) is 84.9 Å². The summed E-state index contributed by atoms with van der Waals surface area (Å²) in [6.07, 6.45) is 7.87. The molecule has 1 aromatic heterocycles. The highest BCUT2D eigenvalue weighted by molar-refractivity contribution is 6.14. The van der Waals surface area contributed by atoms with Crippen LogP contribution in [-0.4, -0.2) is 4.98 Å². The quantitative estimate of drug-likeness (QED) is 0.177. The van der Waals surface area contributed by atoms with E-state index in [1.165, 1.54) is 105 Å². The molecule has 2 bridgehead atoms. The number of aryl methyl sites for hydroxylation is 1. The van der Waals surface area contributed by atoms with Crippen LogP contribution in [0.4, 0.5) is 5.69 Å². The number of rotatable bonds is 0. The predicted molar refractivity (Wildman–Crippen MR) is 178 cm³/mol. The van der Waals surface area contributed by atoms with Gasteiger partial charge in [-0.1, -0.05) is 85.1 Å². The molecule has 2 nitrogen and oxygen atoms in total. The van der Waals surface area contributed by atoms with Gasteiger partial charge < -0.3 is 4.98 Å². The van der Waals surface area contributed by atoms with E-state index in [0.717, 1.165) is 11.2 Å². The zero-order valence-corrected chi connectivity index (χ0v) is 24.9. The molecule has 0 saturated heterocycles. The topological polar surface area (TPSA) is 20.1 Å². The van der Waals surface area contributed by atoms with Crippen LogP contribution in [0.25, 0.3) is 37.8 Å². The molecule has 2 fully saturated rings. The van der Waals surface area contributed by atoms with Crippen molar-refractivity contribution in [1.82, 2.24) is 4.98 Å². The van der Waals surface area contributed by atoms with Crippen molar-refractivity contribution in [3.63, 3.8) is 0 Å². The van der Waals surface area contributed by atoms with Crippen LogP contribution in [0.3, 0.4) is 0 Å². The SMILES string of the molecule is [C-]#[N+]c1cc2[nH]c3cc4c(cc3c2c2c1C1c3ccccc3C2c2ccccc21)-c1ccc(C)cc1C12CCCC41CCC2. The van der Waals surface area contributed by atoms with Gasteiger partial charge in [-0.15, -0.1) is 0 Å². The Bertz CT molecular complexity index is 2290. The van der Waals surface area contributed by atoms with Crippen molar-refractivity contribution in [2.75, 3.05) is 0 Å². The van der Waals surface area contributed by atoms with E-state index in [1.54, 1.807) is 11.1 Å². The Labute approximate surface area is 257 Å². The van der Waals surface area contributed by atoms with Gasteiger partial charge in [0.2, 0.25) is 0 Å². The molecule has 5 aromatic carbocycles. The maximum absolute atomic E-state index is 8.35. The number of nitrogens with one attached hydrogen (secondary N) is 1. The van der Waals surface area contributed by atoms with Crippen molar-refractivity contribution in [3.05, 3.63) is 146 Å². The number of aromatic nitrogens is 1. The van der Waals surface area contributed by atoms with Crippen LogP contribution in [-0.2, 0) is 10.8 Å². The lowest BCUT2D eigenvalue weighted by molar-refractivity contribution is 0.299. The molecule has 2 saturated carbocycles. The van der Waals surface area contributed by atoms with Gasteiger partial charge in [0.25, 0.3) is 0 Å². The Morgan fingerprint density at radius 3 is 1.86 bits per heavy atom. The van der Waals surface area contributed by atoms with Crippen molar-refractivity contribution in [2.24, 2.45) is 0 Å². The van der Waals surface area contributed by atoms with Crippen molar-refractivity contribution in [2.45, 2.75) is 68.1 Å². The minimum Gasteiger partial charge on any atom is -0.356 e. The van der Waals surface area contributed by atoms with Gasteiger partial charge in [0.05, 0.1) is 6.57 Å². The summed E-state index contributed by atoms with van der Waals surface area (Å²) < 4.78 is 0. The number of hydrogen-bond acceptors (Lipinski definition) is 0. The number of aromatic amines is 1. The minimum absolute atomic E-state index is 0.0960. The monoisotopic (exact) mass is 564 g/mol. The maximum atomic E-state index is 8.35. The Hall–Kier alpha value is -4.61. The number of fused-ring (bicyclic) bond motifs is 6. The van der Waals surface area contributed by atoms with E-state index < -0.39 is 0 Å². The molecular weight excluding hydrogens is 532 g/mol. The molecule has 1 N–H and O–H groups in total. The van der Waals surface area contributed by atoms with E-state index in [1.807, 2.05) is 0 Å². The smallest absolute Gasteiger partial charge is 0.193 e. The average molecular weight is 565 g/mol. The number of nitrogens with zero attached hydrogens (tertiary/aromatic N) is 1. The van der Waals surface area contributed by atoms with Crippen LogP contribution < -0.4 is 0 Å². The third kappa shape index (κ3) is 2.48. The molecule has 0 aliphatic heterocycles. The Morgan fingerprint density at radius 2 is 1.25 bits per heavy atom. The van der Waals surface area contributed by atoms with Crippen LogP contribution in [0.2, 0.25) is 0 Å². The lowest BCUT2D eigenvalue weighted by Gasteiger charge is -2.48. The van der Waals surface area contributed by atoms with Crippen LogP contribution in [0, 0.1) is 13.5 Å². The maximum Gasteiger partial charge on any atom is 0.193 e. The lowest BCUT2D eigenvalue weighted by Crippen LogP contribution is -2.43. The van der Waals surface area contributed by atoms with E-state index in [2.05, 4.69) is 102 Å². The summed E-state index contributed by atoms with van der Waals surface area (Å²) in [4.78, 5) is 8.10. The summed E-state index contributed by atoms with van der Waals surface area (Å²) >= 11 is 0. The number of H-pyrrole nitrogens is 1. The van der Waals surface area contributed by atoms with Gasteiger partial charge in [-0.3, -0.25) is 0 Å². The second kappa shape index (κ2) is 7.72. The van der Waals surface area contributed by atoms with Gasteiger partial charge in [-0.25, -0.2) is 4.85 Å². The molecule has 6 aliphatic carbocycles. The molecule has 44 heavy (non-hydrogen) atoms. The predicted octanol–water partition coefficient (Wildman–Crippen LogP) is 10.7. The fraction of sp³-hybridized carbons (Fsp3) is 0.262. The molecule has 0 spiro atoms. The summed E-state index contributed by atoms with van der Waals surface area (Å²) in [7, 11) is 0. The molecular formula is C42H32N2. The zero-order valence-electron chi connectivity index (χ0n) is 24.9. The first kappa shape index (κ1) is 23.8. The number of benzene rings is 5. The third-order valence-electron chi connectivity index (χ3n) is 12.8. The van der Waals surface area contributed by atoms with Crippen molar-refractivity contribution >= 4 is 27.5 Å². The molecule has 12 rings (SSSR count). The van der Waals surface area contributed by atoms with Gasteiger partial charge in [-0.2, -0.15) is 0 Å². The highest BCUT2D eigenvalue weighted by Gasteiger charge is 2.62. The second-order valence-electron chi connectivity index (χ2n) is 14.4. The average Bonchev–Trinajstić information content (AvgIpc) is 3.74. The van der Waals surface area contributed by atoms with Crippen LogP contribution in [0.5, 0.6) is 0 Å². The first-order chi connectivity index (χ1) is 21.6. The van der Waals surface area contributed by atoms with E-state index in [4.69, 9.17) is 6.57 Å². The summed E-state index contributed by atoms with van der Waals surface area (Å²) in [5, 5.41) is 2.64. The summed E-state index contributed by atoms with van der Waals surface area (Å²) in [6, 6.07) is 32.5. The molecule has 2 heteroatoms. The zero-order chi connectivity index (χ0) is 28.9. The van der Waals surface area contributed by atoms with Crippen molar-refractivity contribution < 1.29 is 0 Å². The molecule has 210 valence electrons. The van der Waals surface area contributed by atoms with Gasteiger partial charge in [-0.05, 0) is 106 Å². The molecule has 0 amide bonds. The molecule has 0 radical (unpaired) electrons. The summed E-state index contributed by atoms with van der Waals surface area (Å²) in [6.45, 7) is 10.6. The highest BCUT2D eigenvalue weighted by atomic mass is 14.7. The third-order valence-corrected chi connectivity index (χ3v) is 12.8. The molecule has 6 aromatic rings. The lowest BCUT2D eigenvalue weighted by atomic mass is 9.55. The van der Waals surface area contributed by atoms with E-state index in [9.17, 15) is 0 Å². The largest absolute Gasteiger partial charge is 0.356 e. The van der Waals surface area contributed by atoms with Gasteiger partial charge in [0.1, 0.15) is 0 Å². The van der Waals surface area contributed by atoms with E-state index in [0.29, 0.717) is 0 Å². The fourth-order valence-corrected chi connectivity index (χ4v) is 11.4. The van der Waals surface area contributed by atoms with Gasteiger partial charge in [0.15, 0.2) is 5.69 Å². The van der Waals surface area contributed by atoms with E-state index in [-0.39, 0.29) is 22.7 Å². The first-order valence-electron chi connectivity index (χ1n) is 16.5. The molecule has 0 unspecified atom stereocenters. The normalized spacial score (nSPS) is 26.4. The Balaban J connectivity index is 1.28. The van der Waals surface area contributed by atoms with Crippen LogP contribution >= 0.6 is 0 Å². The minimum atomic E-state index is 0.0960. The van der Waals surface area contributed by atoms with Crippen molar-refractivity contribution in [3.8, 4) is 11.1 Å². The van der Waals surface area contributed by atoms with Gasteiger partial charge >= 0.3 is 0 Å². The summed E-state index contributed by atoms with van der Waals surface area (Å²) in [5.41, 5.74) is 19.3. The molecule has 0 atom stereocenters. The fourth-order valence-electron chi connectivity index (χ4n) is 11.4. The number of hydrogen-bond donors (Lipinski definition) is 1. The van der Waals surface area contributed by atoms with Crippen LogP contribution in [0.1, 0.15) is 100 Å².